The van der Waals surface area contributed by atoms with Gasteiger partial charge in [-0.3, -0.25) is 9.59 Å². The predicted octanol–water partition coefficient (Wildman–Crippen LogP) is 5.03. The van der Waals surface area contributed by atoms with Crippen molar-refractivity contribution in [3.8, 4) is 11.5 Å². The Morgan fingerprint density at radius 2 is 1.65 bits per heavy atom. The van der Waals surface area contributed by atoms with Crippen LogP contribution in [0.15, 0.2) is 79.0 Å². The van der Waals surface area contributed by atoms with Gasteiger partial charge in [0.05, 0.1) is 26.2 Å². The van der Waals surface area contributed by atoms with Gasteiger partial charge in [-0.15, -0.1) is 0 Å². The SMILES string of the molecule is COc1ccc(C2C(C(=O)NCCc3c[nH]c4ccccc34)CCC(=O)N2c2ccc(OC)cc2)cc1. The van der Waals surface area contributed by atoms with Gasteiger partial charge in [0.15, 0.2) is 0 Å². The molecule has 1 aliphatic rings. The fourth-order valence-corrected chi connectivity index (χ4v) is 5.19. The normalized spacial score (nSPS) is 17.6. The summed E-state index contributed by atoms with van der Waals surface area (Å²) in [5, 5.41) is 4.32. The van der Waals surface area contributed by atoms with Gasteiger partial charge in [-0.1, -0.05) is 30.3 Å². The number of aromatic amines is 1. The largest absolute Gasteiger partial charge is 0.497 e. The van der Waals surface area contributed by atoms with Gasteiger partial charge in [-0.05, 0) is 66.4 Å². The zero-order chi connectivity index (χ0) is 25.8. The Kier molecular flexibility index (Phi) is 7.12. The lowest BCUT2D eigenvalue weighted by atomic mass is 9.83. The van der Waals surface area contributed by atoms with Gasteiger partial charge < -0.3 is 24.7 Å². The van der Waals surface area contributed by atoms with Crippen LogP contribution in [0.5, 0.6) is 11.5 Å². The van der Waals surface area contributed by atoms with E-state index < -0.39 is 12.0 Å². The summed E-state index contributed by atoms with van der Waals surface area (Å²) in [4.78, 5) is 31.9. The van der Waals surface area contributed by atoms with E-state index in [1.807, 2.05) is 72.9 Å². The number of hydrogen-bond donors (Lipinski definition) is 2. The second-order valence-electron chi connectivity index (χ2n) is 9.23. The fraction of sp³-hybridized carbons (Fsp3) is 0.267. The molecule has 3 aromatic carbocycles. The van der Waals surface area contributed by atoms with Crippen molar-refractivity contribution in [3.05, 3.63) is 90.1 Å². The molecule has 4 aromatic rings. The molecule has 190 valence electrons. The molecule has 1 aromatic heterocycles. The van der Waals surface area contributed by atoms with Crippen molar-refractivity contribution < 1.29 is 19.1 Å². The third-order valence-corrected chi connectivity index (χ3v) is 7.11. The van der Waals surface area contributed by atoms with Crippen molar-refractivity contribution in [2.24, 2.45) is 5.92 Å². The minimum absolute atomic E-state index is 0.00572. The summed E-state index contributed by atoms with van der Waals surface area (Å²) in [6.45, 7) is 0.517. The maximum atomic E-state index is 13.6. The third kappa shape index (κ3) is 5.03. The summed E-state index contributed by atoms with van der Waals surface area (Å²) in [5.74, 6) is 0.985. The number of carbonyl (C=O) groups is 2. The van der Waals surface area contributed by atoms with Crippen LogP contribution in [-0.4, -0.2) is 37.6 Å². The molecule has 1 saturated heterocycles. The van der Waals surface area contributed by atoms with Gasteiger partial charge >= 0.3 is 0 Å². The summed E-state index contributed by atoms with van der Waals surface area (Å²) < 4.78 is 10.6. The van der Waals surface area contributed by atoms with Crippen LogP contribution in [0.1, 0.15) is 30.0 Å². The lowest BCUT2D eigenvalue weighted by Crippen LogP contribution is -2.48. The Balaban J connectivity index is 1.40. The lowest BCUT2D eigenvalue weighted by molar-refractivity contribution is -0.129. The molecule has 0 spiro atoms. The fourth-order valence-electron chi connectivity index (χ4n) is 5.19. The molecule has 0 radical (unpaired) electrons. The summed E-state index contributed by atoms with van der Waals surface area (Å²) in [6, 6.07) is 22.7. The van der Waals surface area contributed by atoms with E-state index in [9.17, 15) is 9.59 Å². The molecular formula is C30H31N3O4. The first kappa shape index (κ1) is 24.4. The Morgan fingerprint density at radius 3 is 2.35 bits per heavy atom. The molecule has 2 unspecified atom stereocenters. The standard InChI is InChI=1S/C30H31N3O4/c1-36-23-11-7-20(8-12-23)29-26(15-16-28(34)33(29)22-9-13-24(37-2)14-10-22)30(35)31-18-17-21-19-32-27-6-4-3-5-25(21)27/h3-14,19,26,29,32H,15-18H2,1-2H3,(H,31,35). The number of carbonyl (C=O) groups excluding carboxylic acids is 2. The highest BCUT2D eigenvalue weighted by atomic mass is 16.5. The smallest absolute Gasteiger partial charge is 0.227 e. The van der Waals surface area contributed by atoms with E-state index in [0.717, 1.165) is 28.9 Å². The Morgan fingerprint density at radius 1 is 0.973 bits per heavy atom. The second kappa shape index (κ2) is 10.8. The number of rotatable bonds is 8. The molecule has 37 heavy (non-hydrogen) atoms. The summed E-state index contributed by atoms with van der Waals surface area (Å²) in [5.41, 5.74) is 3.88. The van der Waals surface area contributed by atoms with E-state index in [-0.39, 0.29) is 11.8 Å². The molecule has 2 heterocycles. The van der Waals surface area contributed by atoms with Crippen LogP contribution >= 0.6 is 0 Å². The number of aromatic nitrogens is 1. The van der Waals surface area contributed by atoms with Crippen molar-refractivity contribution >= 4 is 28.4 Å². The Hall–Kier alpha value is -4.26. The van der Waals surface area contributed by atoms with Crippen LogP contribution in [0.3, 0.4) is 0 Å². The topological polar surface area (TPSA) is 83.7 Å². The molecule has 0 saturated carbocycles. The number of para-hydroxylation sites is 1. The average molecular weight is 498 g/mol. The minimum Gasteiger partial charge on any atom is -0.497 e. The number of nitrogens with one attached hydrogen (secondary N) is 2. The number of nitrogens with zero attached hydrogens (tertiary/aromatic N) is 1. The zero-order valence-corrected chi connectivity index (χ0v) is 21.1. The van der Waals surface area contributed by atoms with E-state index in [2.05, 4.69) is 16.4 Å². The summed E-state index contributed by atoms with van der Waals surface area (Å²) in [7, 11) is 3.23. The third-order valence-electron chi connectivity index (χ3n) is 7.11. The molecule has 0 bridgehead atoms. The minimum atomic E-state index is -0.436. The zero-order valence-electron chi connectivity index (χ0n) is 21.1. The molecule has 1 fully saturated rings. The lowest BCUT2D eigenvalue weighted by Gasteiger charge is -2.41. The van der Waals surface area contributed by atoms with Crippen LogP contribution in [-0.2, 0) is 16.0 Å². The predicted molar refractivity (Wildman–Crippen MR) is 144 cm³/mol. The van der Waals surface area contributed by atoms with Gasteiger partial charge in [-0.25, -0.2) is 0 Å². The first-order chi connectivity index (χ1) is 18.1. The molecule has 5 rings (SSSR count). The summed E-state index contributed by atoms with van der Waals surface area (Å²) in [6.07, 6.45) is 3.51. The maximum absolute atomic E-state index is 13.6. The van der Waals surface area contributed by atoms with E-state index in [1.165, 1.54) is 10.9 Å². The Labute approximate surface area is 216 Å². The van der Waals surface area contributed by atoms with Crippen molar-refractivity contribution in [1.29, 1.82) is 0 Å². The first-order valence-corrected chi connectivity index (χ1v) is 12.5. The highest BCUT2D eigenvalue weighted by molar-refractivity contribution is 5.97. The quantitative estimate of drug-likeness (QED) is 0.358. The van der Waals surface area contributed by atoms with Gasteiger partial charge in [0, 0.05) is 35.8 Å². The number of methoxy groups -OCH3 is 2. The van der Waals surface area contributed by atoms with Crippen LogP contribution < -0.4 is 19.7 Å². The first-order valence-electron chi connectivity index (χ1n) is 12.5. The van der Waals surface area contributed by atoms with Crippen molar-refractivity contribution in [3.63, 3.8) is 0 Å². The number of ether oxygens (including phenoxy) is 2. The molecule has 7 heteroatoms. The number of H-pyrrole nitrogens is 1. The highest BCUT2D eigenvalue weighted by Crippen LogP contribution is 2.41. The molecule has 1 aliphatic heterocycles. The molecule has 7 nitrogen and oxygen atoms in total. The van der Waals surface area contributed by atoms with Gasteiger partial charge in [0.25, 0.3) is 0 Å². The van der Waals surface area contributed by atoms with Crippen molar-refractivity contribution in [2.75, 3.05) is 25.7 Å². The van der Waals surface area contributed by atoms with E-state index >= 15 is 0 Å². The molecule has 2 amide bonds. The van der Waals surface area contributed by atoms with Crippen LogP contribution in [0.25, 0.3) is 10.9 Å². The molecule has 2 atom stereocenters. The number of benzene rings is 3. The van der Waals surface area contributed by atoms with Gasteiger partial charge in [0.2, 0.25) is 11.8 Å². The Bertz CT molecular complexity index is 1380. The van der Waals surface area contributed by atoms with Crippen molar-refractivity contribution in [1.82, 2.24) is 10.3 Å². The number of amides is 2. The van der Waals surface area contributed by atoms with E-state index in [1.54, 1.807) is 19.1 Å². The highest BCUT2D eigenvalue weighted by Gasteiger charge is 2.41. The van der Waals surface area contributed by atoms with Crippen LogP contribution in [0.4, 0.5) is 5.69 Å². The molecule has 0 aliphatic carbocycles. The number of fused-ring (bicyclic) bond motifs is 1. The van der Waals surface area contributed by atoms with Crippen molar-refractivity contribution in [2.45, 2.75) is 25.3 Å². The second-order valence-corrected chi connectivity index (χ2v) is 9.23. The average Bonchev–Trinajstić information content (AvgIpc) is 3.36. The molecular weight excluding hydrogens is 466 g/mol. The monoisotopic (exact) mass is 497 g/mol. The summed E-state index contributed by atoms with van der Waals surface area (Å²) >= 11 is 0. The van der Waals surface area contributed by atoms with Gasteiger partial charge in [-0.2, -0.15) is 0 Å². The maximum Gasteiger partial charge on any atom is 0.227 e. The van der Waals surface area contributed by atoms with Gasteiger partial charge in [0.1, 0.15) is 11.5 Å². The van der Waals surface area contributed by atoms with E-state index in [0.29, 0.717) is 25.1 Å². The molecule has 2 N–H and O–H groups in total. The number of hydrogen-bond acceptors (Lipinski definition) is 4. The van der Waals surface area contributed by atoms with E-state index in [4.69, 9.17) is 9.47 Å². The van der Waals surface area contributed by atoms with Crippen LogP contribution in [0, 0.1) is 5.92 Å². The number of anilines is 1. The number of piperidine rings is 1. The van der Waals surface area contributed by atoms with Crippen LogP contribution in [0.2, 0.25) is 0 Å².